The second-order valence-electron chi connectivity index (χ2n) is 5.95. The summed E-state index contributed by atoms with van der Waals surface area (Å²) in [7, 11) is 0. The lowest BCUT2D eigenvalue weighted by Crippen LogP contribution is -2.04. The van der Waals surface area contributed by atoms with Gasteiger partial charge in [0.2, 0.25) is 5.95 Å². The summed E-state index contributed by atoms with van der Waals surface area (Å²) >= 11 is 0. The van der Waals surface area contributed by atoms with Crippen LogP contribution in [0.3, 0.4) is 0 Å². The van der Waals surface area contributed by atoms with E-state index in [4.69, 9.17) is 0 Å². The molecule has 1 aliphatic rings. The Morgan fingerprint density at radius 3 is 2.48 bits per heavy atom. The van der Waals surface area contributed by atoms with Crippen LogP contribution in [-0.4, -0.2) is 21.1 Å². The summed E-state index contributed by atoms with van der Waals surface area (Å²) in [5, 5.41) is 3.19. The molecule has 0 spiro atoms. The molecule has 1 N–H and O–H groups in total. The number of rotatable bonds is 2. The van der Waals surface area contributed by atoms with Gasteiger partial charge in [-0.05, 0) is 31.2 Å². The van der Waals surface area contributed by atoms with Crippen molar-refractivity contribution in [2.24, 2.45) is 0 Å². The minimum Gasteiger partial charge on any atom is -0.354 e. The van der Waals surface area contributed by atoms with Gasteiger partial charge in [-0.15, -0.1) is 0 Å². The molecule has 0 aliphatic carbocycles. The maximum atomic E-state index is 12.8. The van der Waals surface area contributed by atoms with E-state index in [-0.39, 0.29) is 0 Å². The van der Waals surface area contributed by atoms with E-state index in [0.717, 1.165) is 30.1 Å². The number of fused-ring (bicyclic) bond motifs is 1. The molecule has 128 valence electrons. The number of aromatic nitrogens is 3. The summed E-state index contributed by atoms with van der Waals surface area (Å²) in [5.41, 5.74) is 3.05. The highest BCUT2D eigenvalue weighted by atomic mass is 19.4. The SMILES string of the molecule is Cc1cccc(-c2nc3n(c2-c2ccc(C(F)(F)F)cc2)CCN3)n1. The van der Waals surface area contributed by atoms with Crippen LogP contribution in [0.2, 0.25) is 0 Å². The Labute approximate surface area is 142 Å². The molecular weight excluding hydrogens is 329 g/mol. The van der Waals surface area contributed by atoms with E-state index in [1.54, 1.807) is 0 Å². The van der Waals surface area contributed by atoms with Crippen LogP contribution in [-0.2, 0) is 12.7 Å². The summed E-state index contributed by atoms with van der Waals surface area (Å²) in [6.07, 6.45) is -4.35. The van der Waals surface area contributed by atoms with Crippen LogP contribution < -0.4 is 5.32 Å². The van der Waals surface area contributed by atoms with Gasteiger partial charge in [-0.1, -0.05) is 18.2 Å². The third kappa shape index (κ3) is 2.75. The molecule has 7 heteroatoms. The first-order valence-corrected chi connectivity index (χ1v) is 7.89. The Morgan fingerprint density at radius 2 is 1.80 bits per heavy atom. The quantitative estimate of drug-likeness (QED) is 0.751. The molecule has 1 aromatic carbocycles. The second-order valence-corrected chi connectivity index (χ2v) is 5.95. The fourth-order valence-corrected chi connectivity index (χ4v) is 3.05. The zero-order chi connectivity index (χ0) is 17.6. The molecular formula is C18H15F3N4. The molecule has 0 amide bonds. The lowest BCUT2D eigenvalue weighted by molar-refractivity contribution is -0.137. The molecule has 0 saturated carbocycles. The number of alkyl halides is 3. The number of benzene rings is 1. The van der Waals surface area contributed by atoms with Crippen molar-refractivity contribution < 1.29 is 13.2 Å². The molecule has 3 heterocycles. The number of imidazole rings is 1. The minimum absolute atomic E-state index is 0.661. The molecule has 2 aromatic heterocycles. The molecule has 3 aromatic rings. The number of nitrogens with one attached hydrogen (secondary N) is 1. The van der Waals surface area contributed by atoms with Gasteiger partial charge in [-0.2, -0.15) is 13.2 Å². The summed E-state index contributed by atoms with van der Waals surface area (Å²) in [5.74, 6) is 0.716. The highest BCUT2D eigenvalue weighted by Crippen LogP contribution is 2.37. The molecule has 0 atom stereocenters. The average Bonchev–Trinajstić information content (AvgIpc) is 3.15. The number of aryl methyl sites for hydroxylation is 1. The normalized spacial score (nSPS) is 13.6. The zero-order valence-electron chi connectivity index (χ0n) is 13.4. The van der Waals surface area contributed by atoms with Crippen LogP contribution in [0.1, 0.15) is 11.3 Å². The van der Waals surface area contributed by atoms with E-state index < -0.39 is 11.7 Å². The number of nitrogens with zero attached hydrogens (tertiary/aromatic N) is 3. The van der Waals surface area contributed by atoms with E-state index in [1.165, 1.54) is 12.1 Å². The molecule has 25 heavy (non-hydrogen) atoms. The highest BCUT2D eigenvalue weighted by molar-refractivity contribution is 5.80. The van der Waals surface area contributed by atoms with Crippen LogP contribution in [0.25, 0.3) is 22.6 Å². The Hall–Kier alpha value is -2.83. The van der Waals surface area contributed by atoms with Gasteiger partial charge in [-0.3, -0.25) is 4.98 Å². The third-order valence-electron chi connectivity index (χ3n) is 4.20. The highest BCUT2D eigenvalue weighted by Gasteiger charge is 2.31. The zero-order valence-corrected chi connectivity index (χ0v) is 13.4. The fourth-order valence-electron chi connectivity index (χ4n) is 3.05. The first kappa shape index (κ1) is 15.7. The Morgan fingerprint density at radius 1 is 1.04 bits per heavy atom. The van der Waals surface area contributed by atoms with Gasteiger partial charge in [0.15, 0.2) is 0 Å². The summed E-state index contributed by atoms with van der Waals surface area (Å²) in [6.45, 7) is 3.35. The van der Waals surface area contributed by atoms with Crippen LogP contribution in [0.4, 0.5) is 19.1 Å². The van der Waals surface area contributed by atoms with Crippen molar-refractivity contribution >= 4 is 5.95 Å². The van der Waals surface area contributed by atoms with Gasteiger partial charge in [0.1, 0.15) is 5.69 Å². The van der Waals surface area contributed by atoms with Gasteiger partial charge in [0, 0.05) is 24.3 Å². The summed E-state index contributed by atoms with van der Waals surface area (Å²) in [4.78, 5) is 9.13. The van der Waals surface area contributed by atoms with Gasteiger partial charge < -0.3 is 9.88 Å². The number of pyridine rings is 1. The van der Waals surface area contributed by atoms with Crippen LogP contribution >= 0.6 is 0 Å². The first-order valence-electron chi connectivity index (χ1n) is 7.89. The van der Waals surface area contributed by atoms with Crippen molar-refractivity contribution in [3.8, 4) is 22.6 Å². The lowest BCUT2D eigenvalue weighted by atomic mass is 10.1. The topological polar surface area (TPSA) is 42.7 Å². The van der Waals surface area contributed by atoms with E-state index in [2.05, 4.69) is 15.3 Å². The fraction of sp³-hybridized carbons (Fsp3) is 0.222. The Balaban J connectivity index is 1.86. The van der Waals surface area contributed by atoms with Crippen molar-refractivity contribution in [1.82, 2.24) is 14.5 Å². The molecule has 0 radical (unpaired) electrons. The number of hydrogen-bond acceptors (Lipinski definition) is 3. The predicted molar refractivity (Wildman–Crippen MR) is 89.1 cm³/mol. The molecule has 1 aliphatic heterocycles. The molecule has 0 fully saturated rings. The monoisotopic (exact) mass is 344 g/mol. The maximum absolute atomic E-state index is 12.8. The molecule has 0 unspecified atom stereocenters. The van der Waals surface area contributed by atoms with Gasteiger partial charge in [-0.25, -0.2) is 4.98 Å². The number of hydrogen-bond donors (Lipinski definition) is 1. The van der Waals surface area contributed by atoms with Crippen molar-refractivity contribution in [3.05, 3.63) is 53.7 Å². The van der Waals surface area contributed by atoms with E-state index in [9.17, 15) is 13.2 Å². The number of halogens is 3. The van der Waals surface area contributed by atoms with E-state index in [0.29, 0.717) is 29.4 Å². The smallest absolute Gasteiger partial charge is 0.354 e. The molecule has 4 rings (SSSR count). The van der Waals surface area contributed by atoms with Crippen LogP contribution in [0, 0.1) is 6.92 Å². The van der Waals surface area contributed by atoms with E-state index >= 15 is 0 Å². The Bertz CT molecular complexity index is 926. The van der Waals surface area contributed by atoms with Gasteiger partial charge in [0.05, 0.1) is 17.0 Å². The largest absolute Gasteiger partial charge is 0.416 e. The second kappa shape index (κ2) is 5.61. The maximum Gasteiger partial charge on any atom is 0.416 e. The summed E-state index contributed by atoms with van der Waals surface area (Å²) in [6, 6.07) is 10.8. The molecule has 0 saturated heterocycles. The standard InChI is InChI=1S/C18H15F3N4/c1-11-3-2-4-14(23-11)15-16(25-10-9-22-17(25)24-15)12-5-7-13(8-6-12)18(19,20)21/h2-8H,9-10H2,1H3,(H,22,24). The molecule has 4 nitrogen and oxygen atoms in total. The third-order valence-corrected chi connectivity index (χ3v) is 4.20. The molecule has 0 bridgehead atoms. The lowest BCUT2D eigenvalue weighted by Gasteiger charge is -2.10. The average molecular weight is 344 g/mol. The minimum atomic E-state index is -4.35. The van der Waals surface area contributed by atoms with Gasteiger partial charge in [0.25, 0.3) is 0 Å². The van der Waals surface area contributed by atoms with Crippen LogP contribution in [0.5, 0.6) is 0 Å². The van der Waals surface area contributed by atoms with Gasteiger partial charge >= 0.3 is 6.18 Å². The van der Waals surface area contributed by atoms with Crippen molar-refractivity contribution in [3.63, 3.8) is 0 Å². The summed E-state index contributed by atoms with van der Waals surface area (Å²) < 4.78 is 40.5. The van der Waals surface area contributed by atoms with Crippen molar-refractivity contribution in [2.75, 3.05) is 11.9 Å². The predicted octanol–water partition coefficient (Wildman–Crippen LogP) is 4.36. The van der Waals surface area contributed by atoms with Crippen molar-refractivity contribution in [2.45, 2.75) is 19.6 Å². The Kier molecular flexibility index (Phi) is 3.52. The van der Waals surface area contributed by atoms with E-state index in [1.807, 2.05) is 29.7 Å². The van der Waals surface area contributed by atoms with Crippen molar-refractivity contribution in [1.29, 1.82) is 0 Å². The number of anilines is 1. The van der Waals surface area contributed by atoms with Crippen LogP contribution in [0.15, 0.2) is 42.5 Å². The first-order chi connectivity index (χ1) is 11.9.